The van der Waals surface area contributed by atoms with Gasteiger partial charge in [-0.2, -0.15) is 0 Å². The smallest absolute Gasteiger partial charge is 0.304 e. The Morgan fingerprint density at radius 2 is 2.09 bits per heavy atom. The van der Waals surface area contributed by atoms with Gasteiger partial charge < -0.3 is 5.11 Å². The summed E-state index contributed by atoms with van der Waals surface area (Å²) in [6.45, 7) is 3.33. The fraction of sp³-hybridized carbons (Fsp3) is 0.833. The van der Waals surface area contributed by atoms with Crippen LogP contribution in [0.2, 0.25) is 0 Å². The van der Waals surface area contributed by atoms with E-state index >= 15 is 0 Å². The Morgan fingerprint density at radius 3 is 2.36 bits per heavy atom. The molecule has 5 heteroatoms. The third-order valence-electron chi connectivity index (χ3n) is 1.38. The summed E-state index contributed by atoms with van der Waals surface area (Å²) in [5.74, 6) is -1.04. The average molecular weight is 179 g/mol. The Morgan fingerprint density at radius 1 is 1.64 bits per heavy atom. The van der Waals surface area contributed by atoms with Crippen molar-refractivity contribution in [3.05, 3.63) is 0 Å². The zero-order valence-electron chi connectivity index (χ0n) is 6.66. The van der Waals surface area contributed by atoms with Crippen molar-refractivity contribution in [2.75, 3.05) is 5.75 Å². The maximum atomic E-state index is 11.2. The fourth-order valence-corrected chi connectivity index (χ4v) is 1.42. The van der Waals surface area contributed by atoms with E-state index in [0.717, 1.165) is 0 Å². The third kappa shape index (κ3) is 3.98. The summed E-state index contributed by atoms with van der Waals surface area (Å²) in [5.41, 5.74) is 0. The summed E-state index contributed by atoms with van der Waals surface area (Å²) in [6.07, 6.45) is -0.180. The number of hydrogen-bond acceptors (Lipinski definition) is 3. The van der Waals surface area contributed by atoms with Crippen molar-refractivity contribution >= 4 is 15.7 Å². The molecule has 0 rings (SSSR count). The standard InChI is InChI=1S/C6H13NO3S/c1-5(2)11(7,10)4-3-6(8)9/h5,7H,3-4H2,1-2H3,(H,8,9). The number of rotatable bonds is 4. The molecule has 4 nitrogen and oxygen atoms in total. The van der Waals surface area contributed by atoms with Crippen LogP contribution in [0.15, 0.2) is 0 Å². The zero-order chi connectivity index (χ0) is 9.07. The van der Waals surface area contributed by atoms with Crippen molar-refractivity contribution < 1.29 is 14.1 Å². The van der Waals surface area contributed by atoms with E-state index in [1.807, 2.05) is 0 Å². The normalized spacial score (nSPS) is 16.3. The highest BCUT2D eigenvalue weighted by Gasteiger charge is 2.12. The fourth-order valence-electron chi connectivity index (χ4n) is 0.475. The van der Waals surface area contributed by atoms with E-state index in [9.17, 15) is 9.00 Å². The SMILES string of the molecule is CC(C)S(=N)(=O)CCC(=O)O. The Balaban J connectivity index is 4.05. The minimum Gasteiger partial charge on any atom is -0.481 e. The summed E-state index contributed by atoms with van der Waals surface area (Å²) >= 11 is 0. The van der Waals surface area contributed by atoms with E-state index in [2.05, 4.69) is 0 Å². The highest BCUT2D eigenvalue weighted by molar-refractivity contribution is 7.92. The van der Waals surface area contributed by atoms with Crippen LogP contribution in [0.3, 0.4) is 0 Å². The van der Waals surface area contributed by atoms with Crippen molar-refractivity contribution in [3.8, 4) is 0 Å². The van der Waals surface area contributed by atoms with Gasteiger partial charge in [0, 0.05) is 20.7 Å². The van der Waals surface area contributed by atoms with Gasteiger partial charge in [0.05, 0.1) is 6.42 Å². The highest BCUT2D eigenvalue weighted by Crippen LogP contribution is 2.03. The molecule has 0 spiro atoms. The quantitative estimate of drug-likeness (QED) is 0.673. The second kappa shape index (κ2) is 3.71. The Kier molecular flexibility index (Phi) is 3.51. The first-order chi connectivity index (χ1) is 4.86. The summed E-state index contributed by atoms with van der Waals surface area (Å²) in [5, 5.41) is 7.99. The van der Waals surface area contributed by atoms with Crippen LogP contribution in [-0.4, -0.2) is 26.3 Å². The molecular weight excluding hydrogens is 166 g/mol. The summed E-state index contributed by atoms with van der Waals surface area (Å²) in [4.78, 5) is 10.1. The van der Waals surface area contributed by atoms with Crippen molar-refractivity contribution in [3.63, 3.8) is 0 Å². The van der Waals surface area contributed by atoms with Gasteiger partial charge in [0.15, 0.2) is 0 Å². The van der Waals surface area contributed by atoms with Crippen molar-refractivity contribution in [1.82, 2.24) is 0 Å². The molecule has 0 aromatic heterocycles. The lowest BCUT2D eigenvalue weighted by atomic mass is 10.5. The first kappa shape index (κ1) is 10.4. The molecule has 0 radical (unpaired) electrons. The second-order valence-corrected chi connectivity index (χ2v) is 5.43. The van der Waals surface area contributed by atoms with Crippen LogP contribution in [0.1, 0.15) is 20.3 Å². The molecule has 0 aliphatic heterocycles. The molecule has 0 aliphatic rings. The van der Waals surface area contributed by atoms with Gasteiger partial charge >= 0.3 is 5.97 Å². The van der Waals surface area contributed by atoms with E-state index < -0.39 is 15.7 Å². The molecule has 0 saturated carbocycles. The molecule has 0 heterocycles. The van der Waals surface area contributed by atoms with Crippen LogP contribution in [0, 0.1) is 4.78 Å². The van der Waals surface area contributed by atoms with E-state index in [-0.39, 0.29) is 17.4 Å². The van der Waals surface area contributed by atoms with Gasteiger partial charge in [0.2, 0.25) is 0 Å². The Bertz CT molecular complexity index is 230. The van der Waals surface area contributed by atoms with Crippen LogP contribution in [0.4, 0.5) is 0 Å². The largest absolute Gasteiger partial charge is 0.481 e. The molecule has 1 unspecified atom stereocenters. The van der Waals surface area contributed by atoms with Crippen LogP contribution in [0.25, 0.3) is 0 Å². The summed E-state index contributed by atoms with van der Waals surface area (Å²) in [6, 6.07) is 0. The van der Waals surface area contributed by atoms with Gasteiger partial charge in [0.25, 0.3) is 0 Å². The molecule has 2 N–H and O–H groups in total. The second-order valence-electron chi connectivity index (χ2n) is 2.62. The van der Waals surface area contributed by atoms with Crippen molar-refractivity contribution in [1.29, 1.82) is 4.78 Å². The predicted octanol–water partition coefficient (Wildman–Crippen LogP) is 0.916. The molecule has 0 aromatic rings. The molecule has 0 aromatic carbocycles. The first-order valence-electron chi connectivity index (χ1n) is 3.33. The minimum atomic E-state index is -2.67. The Hall–Kier alpha value is -0.580. The number of carboxylic acid groups (broad SMARTS) is 1. The third-order valence-corrected chi connectivity index (χ3v) is 3.71. The molecule has 11 heavy (non-hydrogen) atoms. The van der Waals surface area contributed by atoms with Crippen LogP contribution < -0.4 is 0 Å². The summed E-state index contributed by atoms with van der Waals surface area (Å²) in [7, 11) is -2.67. The van der Waals surface area contributed by atoms with E-state index in [0.29, 0.717) is 0 Å². The van der Waals surface area contributed by atoms with Gasteiger partial charge in [-0.25, -0.2) is 4.21 Å². The van der Waals surface area contributed by atoms with Crippen molar-refractivity contribution in [2.24, 2.45) is 0 Å². The molecule has 0 aliphatic carbocycles. The van der Waals surface area contributed by atoms with Gasteiger partial charge in [-0.3, -0.25) is 9.57 Å². The molecule has 66 valence electrons. The monoisotopic (exact) mass is 179 g/mol. The van der Waals surface area contributed by atoms with Gasteiger partial charge in [0.1, 0.15) is 0 Å². The molecule has 0 fully saturated rings. The van der Waals surface area contributed by atoms with E-state index in [1.54, 1.807) is 13.8 Å². The van der Waals surface area contributed by atoms with Gasteiger partial charge in [-0.1, -0.05) is 13.8 Å². The predicted molar refractivity (Wildman–Crippen MR) is 43.1 cm³/mol. The zero-order valence-corrected chi connectivity index (χ0v) is 7.48. The molecule has 0 amide bonds. The number of carbonyl (C=O) groups is 1. The first-order valence-corrected chi connectivity index (χ1v) is 5.12. The maximum absolute atomic E-state index is 11.2. The molecule has 0 saturated heterocycles. The lowest BCUT2D eigenvalue weighted by molar-refractivity contribution is -0.136. The number of carboxylic acids is 1. The minimum absolute atomic E-state index is 0.0417. The average Bonchev–Trinajstić information content (AvgIpc) is 1.84. The van der Waals surface area contributed by atoms with E-state index in [4.69, 9.17) is 9.89 Å². The lowest BCUT2D eigenvalue weighted by Gasteiger charge is -2.08. The molecule has 1 atom stereocenters. The highest BCUT2D eigenvalue weighted by atomic mass is 32.2. The van der Waals surface area contributed by atoms with Crippen LogP contribution >= 0.6 is 0 Å². The van der Waals surface area contributed by atoms with Crippen LogP contribution in [-0.2, 0) is 14.5 Å². The maximum Gasteiger partial charge on any atom is 0.304 e. The molecule has 0 bridgehead atoms. The topological polar surface area (TPSA) is 78.2 Å². The van der Waals surface area contributed by atoms with Crippen LogP contribution in [0.5, 0.6) is 0 Å². The Labute approximate surface area is 66.6 Å². The number of hydrogen-bond donors (Lipinski definition) is 2. The number of aliphatic carboxylic acids is 1. The van der Waals surface area contributed by atoms with Gasteiger partial charge in [-0.05, 0) is 0 Å². The number of nitrogens with one attached hydrogen (secondary N) is 1. The van der Waals surface area contributed by atoms with Crippen molar-refractivity contribution in [2.45, 2.75) is 25.5 Å². The molecular formula is C6H13NO3S. The van der Waals surface area contributed by atoms with E-state index in [1.165, 1.54) is 0 Å². The summed E-state index contributed by atoms with van der Waals surface area (Å²) < 4.78 is 18.4. The van der Waals surface area contributed by atoms with Gasteiger partial charge in [-0.15, -0.1) is 0 Å². The lowest BCUT2D eigenvalue weighted by Crippen LogP contribution is -2.18.